The van der Waals surface area contributed by atoms with E-state index in [1.807, 2.05) is 12.1 Å². The summed E-state index contributed by atoms with van der Waals surface area (Å²) in [7, 11) is 0. The number of halogens is 2. The molecule has 2 rings (SSSR count). The van der Waals surface area contributed by atoms with Crippen molar-refractivity contribution in [3.63, 3.8) is 0 Å². The zero-order chi connectivity index (χ0) is 18.4. The second kappa shape index (κ2) is 9.55. The van der Waals surface area contributed by atoms with E-state index in [1.165, 1.54) is 0 Å². The first-order valence-corrected chi connectivity index (χ1v) is 9.54. The van der Waals surface area contributed by atoms with Gasteiger partial charge in [-0.25, -0.2) is 0 Å². The van der Waals surface area contributed by atoms with Crippen molar-refractivity contribution < 1.29 is 24.5 Å². The highest BCUT2D eigenvalue weighted by molar-refractivity contribution is 14.1. The van der Waals surface area contributed by atoms with Crippen LogP contribution < -0.4 is 15.2 Å². The van der Waals surface area contributed by atoms with Crippen molar-refractivity contribution in [2.45, 2.75) is 12.5 Å². The van der Waals surface area contributed by atoms with Crippen LogP contribution in [0.4, 0.5) is 0 Å². The minimum absolute atomic E-state index is 0.0352. The molecule has 0 amide bonds. The van der Waals surface area contributed by atoms with Gasteiger partial charge >= 0.3 is 5.97 Å². The highest BCUT2D eigenvalue weighted by atomic mass is 127. The summed E-state index contributed by atoms with van der Waals surface area (Å²) in [6.45, 7) is 0.211. The Morgan fingerprint density at radius 1 is 1.12 bits per heavy atom. The van der Waals surface area contributed by atoms with Gasteiger partial charge < -0.3 is 25.4 Å². The first-order chi connectivity index (χ1) is 11.9. The molecule has 0 aliphatic rings. The molecule has 0 fully saturated rings. The number of hydrogen-bond donors (Lipinski definition) is 3. The Morgan fingerprint density at radius 3 is 2.20 bits per heavy atom. The van der Waals surface area contributed by atoms with E-state index in [0.29, 0.717) is 17.2 Å². The fourth-order valence-corrected chi connectivity index (χ4v) is 4.17. The second-order valence-electron chi connectivity index (χ2n) is 5.18. The Hall–Kier alpha value is -1.11. The highest BCUT2D eigenvalue weighted by Gasteiger charge is 2.16. The van der Waals surface area contributed by atoms with Gasteiger partial charge in [0.2, 0.25) is 0 Å². The molecule has 8 heteroatoms. The van der Waals surface area contributed by atoms with Crippen molar-refractivity contribution in [1.29, 1.82) is 0 Å². The number of aliphatic carboxylic acids is 1. The minimum Gasteiger partial charge on any atom is -0.491 e. The van der Waals surface area contributed by atoms with E-state index in [1.54, 1.807) is 24.3 Å². The molecule has 6 nitrogen and oxygen atoms in total. The Kier molecular flexibility index (Phi) is 7.72. The standard InChI is InChI=1S/C17H17I2NO5/c18-13-7-10(9-15(20)17(22)23)8-14(19)16(13)25-12-3-1-11(2-4-12)24-6-5-21/h1-4,7-8,15,21H,5-6,9,20H2,(H,22,23). The molecular formula is C17H17I2NO5. The molecule has 0 heterocycles. The number of hydrogen-bond acceptors (Lipinski definition) is 5. The first-order valence-electron chi connectivity index (χ1n) is 7.38. The van der Waals surface area contributed by atoms with Crippen molar-refractivity contribution in [2.24, 2.45) is 5.73 Å². The number of carbonyl (C=O) groups is 1. The molecule has 134 valence electrons. The second-order valence-corrected chi connectivity index (χ2v) is 7.51. The first kappa shape index (κ1) is 20.2. The molecule has 0 saturated heterocycles. The smallest absolute Gasteiger partial charge is 0.320 e. The van der Waals surface area contributed by atoms with Crippen LogP contribution in [-0.2, 0) is 11.2 Å². The van der Waals surface area contributed by atoms with Gasteiger partial charge in [-0.2, -0.15) is 0 Å². The number of carboxylic acid groups (broad SMARTS) is 1. The van der Waals surface area contributed by atoms with Crippen molar-refractivity contribution in [2.75, 3.05) is 13.2 Å². The lowest BCUT2D eigenvalue weighted by molar-refractivity contribution is -0.138. The molecule has 1 unspecified atom stereocenters. The third-order valence-electron chi connectivity index (χ3n) is 3.23. The highest BCUT2D eigenvalue weighted by Crippen LogP contribution is 2.33. The summed E-state index contributed by atoms with van der Waals surface area (Å²) in [5, 5.41) is 17.7. The van der Waals surface area contributed by atoms with E-state index in [9.17, 15) is 4.79 Å². The van der Waals surface area contributed by atoms with Gasteiger partial charge in [0.1, 0.15) is 24.1 Å². The van der Waals surface area contributed by atoms with Gasteiger partial charge in [-0.05, 0) is 93.6 Å². The molecule has 1 atom stereocenters. The third-order valence-corrected chi connectivity index (χ3v) is 4.84. The maximum Gasteiger partial charge on any atom is 0.320 e. The Labute approximate surface area is 172 Å². The maximum atomic E-state index is 10.9. The average Bonchev–Trinajstić information content (AvgIpc) is 2.57. The van der Waals surface area contributed by atoms with Gasteiger partial charge in [-0.3, -0.25) is 4.79 Å². The summed E-state index contributed by atoms with van der Waals surface area (Å²) in [6.07, 6.45) is 0.262. The van der Waals surface area contributed by atoms with Crippen LogP contribution in [0.5, 0.6) is 17.2 Å². The molecule has 4 N–H and O–H groups in total. The molecule has 2 aromatic carbocycles. The van der Waals surface area contributed by atoms with E-state index >= 15 is 0 Å². The maximum absolute atomic E-state index is 10.9. The van der Waals surface area contributed by atoms with E-state index in [0.717, 1.165) is 12.7 Å². The van der Waals surface area contributed by atoms with E-state index < -0.39 is 12.0 Å². The molecule has 0 saturated carbocycles. The predicted octanol–water partition coefficient (Wildman–Crippen LogP) is 3.01. The van der Waals surface area contributed by atoms with Crippen LogP contribution in [-0.4, -0.2) is 35.4 Å². The van der Waals surface area contributed by atoms with Gasteiger partial charge in [-0.1, -0.05) is 0 Å². The molecule has 0 aliphatic carbocycles. The van der Waals surface area contributed by atoms with Crippen LogP contribution in [0, 0.1) is 7.14 Å². The van der Waals surface area contributed by atoms with Gasteiger partial charge in [0.05, 0.1) is 13.7 Å². The van der Waals surface area contributed by atoms with Crippen molar-refractivity contribution in [1.82, 2.24) is 0 Å². The van der Waals surface area contributed by atoms with Crippen LogP contribution in [0.3, 0.4) is 0 Å². The number of ether oxygens (including phenoxy) is 2. The van der Waals surface area contributed by atoms with Crippen LogP contribution in [0.25, 0.3) is 0 Å². The molecule has 25 heavy (non-hydrogen) atoms. The van der Waals surface area contributed by atoms with E-state index in [-0.39, 0.29) is 19.6 Å². The van der Waals surface area contributed by atoms with E-state index in [4.69, 9.17) is 25.4 Å². The molecule has 0 bridgehead atoms. The molecule has 0 aromatic heterocycles. The van der Waals surface area contributed by atoms with Gasteiger partial charge in [-0.15, -0.1) is 0 Å². The quantitative estimate of drug-likeness (QED) is 0.423. The zero-order valence-corrected chi connectivity index (χ0v) is 17.4. The SMILES string of the molecule is NC(Cc1cc(I)c(Oc2ccc(OCCO)cc2)c(I)c1)C(=O)O. The van der Waals surface area contributed by atoms with Crippen molar-refractivity contribution in [3.05, 3.63) is 49.1 Å². The monoisotopic (exact) mass is 569 g/mol. The lowest BCUT2D eigenvalue weighted by Gasteiger charge is -2.14. The fourth-order valence-electron chi connectivity index (χ4n) is 2.05. The molecule has 2 aromatic rings. The Morgan fingerprint density at radius 2 is 1.68 bits per heavy atom. The fraction of sp³-hybridized carbons (Fsp3) is 0.235. The average molecular weight is 569 g/mol. The number of benzene rings is 2. The van der Waals surface area contributed by atoms with Gasteiger partial charge in [0, 0.05) is 0 Å². The lowest BCUT2D eigenvalue weighted by atomic mass is 10.1. The summed E-state index contributed by atoms with van der Waals surface area (Å²) >= 11 is 4.31. The van der Waals surface area contributed by atoms with Crippen LogP contribution in [0.1, 0.15) is 5.56 Å². The minimum atomic E-state index is -1.02. The normalized spacial score (nSPS) is 11.8. The van der Waals surface area contributed by atoms with Crippen LogP contribution >= 0.6 is 45.2 Å². The molecule has 0 spiro atoms. The van der Waals surface area contributed by atoms with Crippen molar-refractivity contribution >= 4 is 51.2 Å². The number of nitrogens with two attached hydrogens (primary N) is 1. The van der Waals surface area contributed by atoms with Crippen LogP contribution in [0.2, 0.25) is 0 Å². The summed E-state index contributed by atoms with van der Waals surface area (Å²) in [4.78, 5) is 10.9. The summed E-state index contributed by atoms with van der Waals surface area (Å²) in [5.74, 6) is 0.998. The molecule has 0 radical (unpaired) electrons. The third kappa shape index (κ3) is 5.97. The molecule has 0 aliphatic heterocycles. The molecular weight excluding hydrogens is 552 g/mol. The zero-order valence-electron chi connectivity index (χ0n) is 13.1. The number of carboxylic acids is 1. The summed E-state index contributed by atoms with van der Waals surface area (Å²) < 4.78 is 13.0. The van der Waals surface area contributed by atoms with Gasteiger partial charge in [0.25, 0.3) is 0 Å². The topological polar surface area (TPSA) is 102 Å². The summed E-state index contributed by atoms with van der Waals surface area (Å²) in [6, 6.07) is 9.93. The Bertz CT molecular complexity index is 713. The van der Waals surface area contributed by atoms with Crippen LogP contribution in [0.15, 0.2) is 36.4 Å². The van der Waals surface area contributed by atoms with E-state index in [2.05, 4.69) is 45.2 Å². The summed E-state index contributed by atoms with van der Waals surface area (Å²) in [5.41, 5.74) is 6.45. The predicted molar refractivity (Wildman–Crippen MR) is 110 cm³/mol. The van der Waals surface area contributed by atoms with Gasteiger partial charge in [0.15, 0.2) is 5.75 Å². The number of aliphatic hydroxyl groups excluding tert-OH is 1. The lowest BCUT2D eigenvalue weighted by Crippen LogP contribution is -2.32. The number of rotatable bonds is 8. The largest absolute Gasteiger partial charge is 0.491 e. The Balaban J connectivity index is 2.13. The number of aliphatic hydroxyl groups is 1. The van der Waals surface area contributed by atoms with Crippen molar-refractivity contribution in [3.8, 4) is 17.2 Å².